The lowest BCUT2D eigenvalue weighted by Gasteiger charge is -2.36. The predicted molar refractivity (Wildman–Crippen MR) is 135 cm³/mol. The number of hydrogen-bond acceptors (Lipinski definition) is 8. The minimum atomic E-state index is -1.36. The summed E-state index contributed by atoms with van der Waals surface area (Å²) >= 11 is 7.49. The van der Waals surface area contributed by atoms with Crippen LogP contribution in [-0.4, -0.2) is 58.4 Å². The van der Waals surface area contributed by atoms with Crippen LogP contribution in [0.1, 0.15) is 31.8 Å². The topological polar surface area (TPSA) is 91.3 Å². The zero-order chi connectivity index (χ0) is 26.2. The SMILES string of the molecule is CC#CCOC(CN1C=CN(C(C)C(=O)Nc2ccc(F)cc2)C1OC(=O)C(C)O)c1ccc(Cl)s1. The molecule has 1 aliphatic heterocycles. The summed E-state index contributed by atoms with van der Waals surface area (Å²) in [5.41, 5.74) is 0.422. The Morgan fingerprint density at radius 1 is 1.22 bits per heavy atom. The van der Waals surface area contributed by atoms with Gasteiger partial charge in [0.25, 0.3) is 6.35 Å². The van der Waals surface area contributed by atoms with E-state index in [1.54, 1.807) is 42.1 Å². The lowest BCUT2D eigenvalue weighted by atomic mass is 10.2. The highest BCUT2D eigenvalue weighted by Crippen LogP contribution is 2.32. The van der Waals surface area contributed by atoms with Crippen molar-refractivity contribution in [2.45, 2.75) is 45.4 Å². The Balaban J connectivity index is 1.79. The molecule has 0 bridgehead atoms. The van der Waals surface area contributed by atoms with Crippen molar-refractivity contribution < 1.29 is 28.6 Å². The van der Waals surface area contributed by atoms with Gasteiger partial charge in [-0.2, -0.15) is 0 Å². The first-order valence-corrected chi connectivity index (χ1v) is 12.3. The van der Waals surface area contributed by atoms with Gasteiger partial charge in [-0.3, -0.25) is 4.79 Å². The third-order valence-electron chi connectivity index (χ3n) is 5.29. The van der Waals surface area contributed by atoms with E-state index >= 15 is 0 Å². The summed E-state index contributed by atoms with van der Waals surface area (Å²) in [6.45, 7) is 5.09. The second kappa shape index (κ2) is 12.7. The summed E-state index contributed by atoms with van der Waals surface area (Å²) in [6, 6.07) is 8.21. The number of amides is 1. The molecule has 0 spiro atoms. The molecule has 2 N–H and O–H groups in total. The number of halogens is 2. The van der Waals surface area contributed by atoms with Crippen molar-refractivity contribution in [3.63, 3.8) is 0 Å². The molecule has 1 aliphatic rings. The molecule has 3 rings (SSSR count). The Kier molecular flexibility index (Phi) is 9.73. The number of carbonyl (C=O) groups excluding carboxylic acids is 2. The molecular weight excluding hydrogens is 509 g/mol. The lowest BCUT2D eigenvalue weighted by molar-refractivity contribution is -0.182. The van der Waals surface area contributed by atoms with Crippen LogP contribution in [0.25, 0.3) is 0 Å². The van der Waals surface area contributed by atoms with Crippen molar-refractivity contribution in [3.05, 3.63) is 63.8 Å². The van der Waals surface area contributed by atoms with Gasteiger partial charge in [-0.25, -0.2) is 9.18 Å². The van der Waals surface area contributed by atoms with E-state index in [1.807, 2.05) is 6.07 Å². The van der Waals surface area contributed by atoms with E-state index in [-0.39, 0.29) is 13.2 Å². The van der Waals surface area contributed by atoms with E-state index in [0.29, 0.717) is 10.0 Å². The maximum absolute atomic E-state index is 13.2. The quantitative estimate of drug-likeness (QED) is 0.352. The summed E-state index contributed by atoms with van der Waals surface area (Å²) in [6.07, 6.45) is 0.460. The van der Waals surface area contributed by atoms with Crippen molar-refractivity contribution >= 4 is 40.5 Å². The van der Waals surface area contributed by atoms with Crippen molar-refractivity contribution in [2.24, 2.45) is 0 Å². The molecule has 36 heavy (non-hydrogen) atoms. The molecule has 2 aromatic rings. The van der Waals surface area contributed by atoms with Crippen LogP contribution in [0.2, 0.25) is 4.34 Å². The third kappa shape index (κ3) is 7.21. The van der Waals surface area contributed by atoms with Crippen LogP contribution in [0.5, 0.6) is 0 Å². The van der Waals surface area contributed by atoms with Gasteiger partial charge in [-0.1, -0.05) is 17.5 Å². The average Bonchev–Trinajstić information content (AvgIpc) is 3.45. The minimum absolute atomic E-state index is 0.187. The highest BCUT2D eigenvalue weighted by Gasteiger charge is 2.37. The van der Waals surface area contributed by atoms with Crippen LogP contribution < -0.4 is 5.32 Å². The van der Waals surface area contributed by atoms with Gasteiger partial charge in [0.2, 0.25) is 5.91 Å². The van der Waals surface area contributed by atoms with Crippen LogP contribution in [-0.2, 0) is 19.1 Å². The lowest BCUT2D eigenvalue weighted by Crippen LogP contribution is -2.51. The highest BCUT2D eigenvalue weighted by molar-refractivity contribution is 7.16. The van der Waals surface area contributed by atoms with E-state index in [4.69, 9.17) is 21.1 Å². The van der Waals surface area contributed by atoms with E-state index in [9.17, 15) is 19.1 Å². The first kappa shape index (κ1) is 27.5. The first-order chi connectivity index (χ1) is 17.2. The average molecular weight is 536 g/mol. The molecule has 4 atom stereocenters. The number of ether oxygens (including phenoxy) is 2. The molecule has 11 heteroatoms. The molecule has 2 heterocycles. The van der Waals surface area contributed by atoms with Gasteiger partial charge < -0.3 is 29.7 Å². The molecule has 4 unspecified atom stereocenters. The van der Waals surface area contributed by atoms with Gasteiger partial charge in [0, 0.05) is 23.0 Å². The number of thiophene rings is 1. The molecule has 0 saturated heterocycles. The Morgan fingerprint density at radius 2 is 1.94 bits per heavy atom. The number of aliphatic hydroxyl groups excluding tert-OH is 1. The van der Waals surface area contributed by atoms with Crippen molar-refractivity contribution in [3.8, 4) is 11.8 Å². The van der Waals surface area contributed by atoms with Crippen LogP contribution in [0, 0.1) is 17.7 Å². The molecule has 1 amide bonds. The van der Waals surface area contributed by atoms with E-state index in [0.717, 1.165) is 4.88 Å². The summed E-state index contributed by atoms with van der Waals surface area (Å²) in [7, 11) is 0. The smallest absolute Gasteiger partial charge is 0.337 e. The predicted octanol–water partition coefficient (Wildman–Crippen LogP) is 3.95. The van der Waals surface area contributed by atoms with E-state index in [1.165, 1.54) is 42.5 Å². The molecule has 0 fully saturated rings. The van der Waals surface area contributed by atoms with Crippen molar-refractivity contribution in [1.82, 2.24) is 9.80 Å². The Morgan fingerprint density at radius 3 is 2.56 bits per heavy atom. The fraction of sp³-hybridized carbons (Fsp3) is 0.360. The first-order valence-electron chi connectivity index (χ1n) is 11.1. The zero-order valence-electron chi connectivity index (χ0n) is 20.0. The monoisotopic (exact) mass is 535 g/mol. The van der Waals surface area contributed by atoms with Crippen LogP contribution >= 0.6 is 22.9 Å². The van der Waals surface area contributed by atoms with E-state index in [2.05, 4.69) is 17.2 Å². The summed E-state index contributed by atoms with van der Waals surface area (Å²) in [5, 5.41) is 12.4. The van der Waals surface area contributed by atoms with Crippen molar-refractivity contribution in [2.75, 3.05) is 18.5 Å². The molecule has 8 nitrogen and oxygen atoms in total. The number of nitrogens with one attached hydrogen (secondary N) is 1. The third-order valence-corrected chi connectivity index (χ3v) is 6.61. The molecule has 0 radical (unpaired) electrons. The Bertz CT molecular complexity index is 1140. The van der Waals surface area contributed by atoms with Crippen LogP contribution in [0.3, 0.4) is 0 Å². The molecule has 192 valence electrons. The molecule has 0 aliphatic carbocycles. The maximum atomic E-state index is 13.2. The largest absolute Gasteiger partial charge is 0.420 e. The molecular formula is C25H27ClFN3O5S. The normalized spacial score (nSPS) is 17.2. The maximum Gasteiger partial charge on any atom is 0.337 e. The second-order valence-electron chi connectivity index (χ2n) is 7.92. The Labute approximate surface area is 218 Å². The number of nitrogens with zero attached hydrogens (tertiary/aromatic N) is 2. The van der Waals surface area contributed by atoms with Gasteiger partial charge in [-0.05, 0) is 57.2 Å². The van der Waals surface area contributed by atoms with Gasteiger partial charge >= 0.3 is 5.97 Å². The molecule has 0 saturated carbocycles. The number of benzene rings is 1. The number of carbonyl (C=O) groups is 2. The fourth-order valence-electron chi connectivity index (χ4n) is 3.33. The number of esters is 1. The second-order valence-corrected chi connectivity index (χ2v) is 9.67. The van der Waals surface area contributed by atoms with Crippen LogP contribution in [0.4, 0.5) is 10.1 Å². The van der Waals surface area contributed by atoms with Gasteiger partial charge in [0.05, 0.1) is 10.9 Å². The van der Waals surface area contributed by atoms with Gasteiger partial charge in [0.15, 0.2) is 0 Å². The number of aliphatic hydroxyl groups is 1. The van der Waals surface area contributed by atoms with E-state index < -0.39 is 42.3 Å². The Hall–Kier alpha value is -3.10. The number of anilines is 1. The minimum Gasteiger partial charge on any atom is -0.420 e. The zero-order valence-corrected chi connectivity index (χ0v) is 21.6. The molecule has 1 aromatic heterocycles. The molecule has 1 aromatic carbocycles. The summed E-state index contributed by atoms with van der Waals surface area (Å²) in [4.78, 5) is 29.3. The van der Waals surface area contributed by atoms with Crippen molar-refractivity contribution in [1.29, 1.82) is 0 Å². The van der Waals surface area contributed by atoms with Crippen LogP contribution in [0.15, 0.2) is 48.8 Å². The highest BCUT2D eigenvalue weighted by atomic mass is 35.5. The summed E-state index contributed by atoms with van der Waals surface area (Å²) in [5.74, 6) is 3.98. The number of rotatable bonds is 10. The number of hydrogen-bond donors (Lipinski definition) is 2. The summed E-state index contributed by atoms with van der Waals surface area (Å²) < 4.78 is 25.3. The van der Waals surface area contributed by atoms with Gasteiger partial charge in [0.1, 0.15) is 30.7 Å². The van der Waals surface area contributed by atoms with Gasteiger partial charge in [-0.15, -0.1) is 17.3 Å². The standard InChI is InChI=1S/C25H27ClFN3O5S/c1-4-5-14-34-20(21-10-11-22(26)36-21)15-29-12-13-30(25(29)35-24(33)17(3)31)16(2)23(32)28-19-8-6-18(27)7-9-19/h6-13,16-17,20,25,31H,14-15H2,1-3H3,(H,28,32). The fourth-order valence-corrected chi connectivity index (χ4v) is 4.43.